The van der Waals surface area contributed by atoms with Gasteiger partial charge in [0.2, 0.25) is 5.91 Å². The highest BCUT2D eigenvalue weighted by Gasteiger charge is 2.35. The lowest BCUT2D eigenvalue weighted by atomic mass is 10.1. The van der Waals surface area contributed by atoms with Gasteiger partial charge in [-0.15, -0.1) is 0 Å². The average Bonchev–Trinajstić information content (AvgIpc) is 2.82. The van der Waals surface area contributed by atoms with Crippen molar-refractivity contribution in [2.45, 2.75) is 12.8 Å². The molecule has 134 valence electrons. The van der Waals surface area contributed by atoms with Crippen LogP contribution in [0.4, 0.5) is 10.1 Å². The summed E-state index contributed by atoms with van der Waals surface area (Å²) in [4.78, 5) is 37.7. The molecule has 0 spiro atoms. The Morgan fingerprint density at radius 1 is 1.12 bits per heavy atom. The second-order valence-corrected chi connectivity index (χ2v) is 7.08. The molecular formula is C18H13BrClFN2O3. The summed E-state index contributed by atoms with van der Waals surface area (Å²) in [5.41, 5.74) is 0.687. The highest BCUT2D eigenvalue weighted by molar-refractivity contribution is 9.10. The van der Waals surface area contributed by atoms with E-state index in [1.54, 1.807) is 18.2 Å². The first-order valence-corrected chi connectivity index (χ1v) is 8.94. The third-order valence-electron chi connectivity index (χ3n) is 3.92. The van der Waals surface area contributed by atoms with Crippen LogP contribution in [-0.4, -0.2) is 29.2 Å². The predicted octanol–water partition coefficient (Wildman–Crippen LogP) is 4.26. The number of carbonyl (C=O) groups excluding carboxylic acids is 3. The van der Waals surface area contributed by atoms with Crippen molar-refractivity contribution in [2.75, 3.05) is 11.9 Å². The summed E-state index contributed by atoms with van der Waals surface area (Å²) in [5.74, 6) is -1.77. The molecule has 0 bridgehead atoms. The van der Waals surface area contributed by atoms with Crippen molar-refractivity contribution in [1.29, 1.82) is 0 Å². The van der Waals surface area contributed by atoms with Crippen molar-refractivity contribution in [3.05, 3.63) is 62.8 Å². The third kappa shape index (κ3) is 3.78. The van der Waals surface area contributed by atoms with Crippen molar-refractivity contribution in [3.8, 4) is 0 Å². The summed E-state index contributed by atoms with van der Waals surface area (Å²) in [6.07, 6.45) is 0.295. The minimum Gasteiger partial charge on any atom is -0.324 e. The number of hydrogen-bond donors (Lipinski definition) is 1. The molecule has 0 unspecified atom stereocenters. The molecule has 3 rings (SSSR count). The summed E-state index contributed by atoms with van der Waals surface area (Å²) in [7, 11) is 0. The van der Waals surface area contributed by atoms with Crippen molar-refractivity contribution in [2.24, 2.45) is 0 Å². The van der Waals surface area contributed by atoms with Crippen LogP contribution in [0.2, 0.25) is 5.02 Å². The average molecular weight is 440 g/mol. The summed E-state index contributed by atoms with van der Waals surface area (Å²) in [6, 6.07) is 8.75. The Kier molecular flexibility index (Phi) is 5.38. The van der Waals surface area contributed by atoms with Crippen LogP contribution in [0, 0.1) is 5.82 Å². The molecule has 2 aromatic rings. The van der Waals surface area contributed by atoms with Gasteiger partial charge in [0.15, 0.2) is 0 Å². The third-order valence-corrected chi connectivity index (χ3v) is 4.65. The van der Waals surface area contributed by atoms with Crippen LogP contribution in [-0.2, 0) is 4.79 Å². The number of anilines is 1. The molecule has 0 saturated carbocycles. The van der Waals surface area contributed by atoms with Crippen LogP contribution in [0.1, 0.15) is 33.6 Å². The van der Waals surface area contributed by atoms with Gasteiger partial charge in [-0.25, -0.2) is 4.39 Å². The lowest BCUT2D eigenvalue weighted by Gasteiger charge is -2.13. The van der Waals surface area contributed by atoms with Crippen LogP contribution in [0.25, 0.3) is 0 Å². The second-order valence-electron chi connectivity index (χ2n) is 5.73. The Morgan fingerprint density at radius 2 is 1.85 bits per heavy atom. The van der Waals surface area contributed by atoms with Crippen LogP contribution in [0.5, 0.6) is 0 Å². The van der Waals surface area contributed by atoms with Crippen molar-refractivity contribution in [3.63, 3.8) is 0 Å². The quantitative estimate of drug-likeness (QED) is 0.708. The van der Waals surface area contributed by atoms with Crippen molar-refractivity contribution >= 4 is 50.9 Å². The number of rotatable bonds is 5. The van der Waals surface area contributed by atoms with Gasteiger partial charge in [-0.05, 0) is 42.8 Å². The van der Waals surface area contributed by atoms with Gasteiger partial charge in [-0.1, -0.05) is 27.5 Å². The summed E-state index contributed by atoms with van der Waals surface area (Å²) in [6.45, 7) is 0.107. The van der Waals surface area contributed by atoms with E-state index in [0.717, 1.165) is 11.0 Å². The molecule has 3 amide bonds. The van der Waals surface area contributed by atoms with E-state index in [-0.39, 0.29) is 36.9 Å². The van der Waals surface area contributed by atoms with Gasteiger partial charge < -0.3 is 5.32 Å². The van der Waals surface area contributed by atoms with Gasteiger partial charge in [0, 0.05) is 22.5 Å². The number of benzene rings is 2. The van der Waals surface area contributed by atoms with Crippen LogP contribution in [0.15, 0.2) is 40.9 Å². The summed E-state index contributed by atoms with van der Waals surface area (Å²) < 4.78 is 14.3. The Bertz CT molecular complexity index is 919. The smallest absolute Gasteiger partial charge is 0.261 e. The summed E-state index contributed by atoms with van der Waals surface area (Å²) in [5, 5.41) is 2.74. The lowest BCUT2D eigenvalue weighted by Crippen LogP contribution is -2.31. The van der Waals surface area contributed by atoms with Gasteiger partial charge in [0.25, 0.3) is 11.8 Å². The van der Waals surface area contributed by atoms with E-state index in [4.69, 9.17) is 11.6 Å². The Hall–Kier alpha value is -2.25. The molecule has 2 aromatic carbocycles. The lowest BCUT2D eigenvalue weighted by molar-refractivity contribution is -0.116. The number of amides is 3. The van der Waals surface area contributed by atoms with E-state index in [1.807, 2.05) is 0 Å². The standard InChI is InChI=1S/C18H13BrClFN2O3/c19-10-3-5-12-13(8-10)18(26)23(17(12)25)7-1-2-16(24)22-15-9-11(20)4-6-14(15)21/h3-6,8-9H,1-2,7H2,(H,22,24). The van der Waals surface area contributed by atoms with Gasteiger partial charge in [-0.3, -0.25) is 19.3 Å². The first kappa shape index (κ1) is 18.5. The number of imide groups is 1. The fraction of sp³-hybridized carbons (Fsp3) is 0.167. The van der Waals surface area contributed by atoms with Gasteiger partial charge in [0.05, 0.1) is 16.8 Å². The molecule has 0 saturated heterocycles. The number of carbonyl (C=O) groups is 3. The number of nitrogens with zero attached hydrogens (tertiary/aromatic N) is 1. The first-order valence-electron chi connectivity index (χ1n) is 7.77. The Labute approximate surface area is 162 Å². The minimum atomic E-state index is -0.589. The Morgan fingerprint density at radius 3 is 2.62 bits per heavy atom. The molecule has 0 fully saturated rings. The van der Waals surface area contributed by atoms with Crippen molar-refractivity contribution in [1.82, 2.24) is 4.90 Å². The maximum absolute atomic E-state index is 13.6. The number of halogens is 3. The Balaban J connectivity index is 1.57. The number of fused-ring (bicyclic) bond motifs is 1. The maximum Gasteiger partial charge on any atom is 0.261 e. The van der Waals surface area contributed by atoms with E-state index in [1.165, 1.54) is 12.1 Å². The van der Waals surface area contributed by atoms with Crippen LogP contribution >= 0.6 is 27.5 Å². The highest BCUT2D eigenvalue weighted by atomic mass is 79.9. The number of nitrogens with one attached hydrogen (secondary N) is 1. The topological polar surface area (TPSA) is 66.5 Å². The molecule has 1 heterocycles. The molecule has 0 aliphatic carbocycles. The van der Waals surface area contributed by atoms with Crippen molar-refractivity contribution < 1.29 is 18.8 Å². The zero-order valence-electron chi connectivity index (χ0n) is 13.4. The minimum absolute atomic E-state index is 0.00641. The first-order chi connectivity index (χ1) is 12.4. The fourth-order valence-corrected chi connectivity index (χ4v) is 3.20. The SMILES string of the molecule is O=C(CCCN1C(=O)c2ccc(Br)cc2C1=O)Nc1cc(Cl)ccc1F. The van der Waals surface area contributed by atoms with Crippen LogP contribution < -0.4 is 5.32 Å². The van der Waals surface area contributed by atoms with Gasteiger partial charge >= 0.3 is 0 Å². The van der Waals surface area contributed by atoms with E-state index in [9.17, 15) is 18.8 Å². The predicted molar refractivity (Wildman–Crippen MR) is 98.8 cm³/mol. The van der Waals surface area contributed by atoms with E-state index < -0.39 is 11.7 Å². The molecule has 0 atom stereocenters. The molecule has 26 heavy (non-hydrogen) atoms. The maximum atomic E-state index is 13.6. The largest absolute Gasteiger partial charge is 0.324 e. The number of hydrogen-bond acceptors (Lipinski definition) is 3. The monoisotopic (exact) mass is 438 g/mol. The fourth-order valence-electron chi connectivity index (χ4n) is 2.67. The molecular weight excluding hydrogens is 427 g/mol. The summed E-state index contributed by atoms with van der Waals surface area (Å²) >= 11 is 9.05. The molecule has 5 nitrogen and oxygen atoms in total. The highest BCUT2D eigenvalue weighted by Crippen LogP contribution is 2.26. The van der Waals surface area contributed by atoms with Gasteiger partial charge in [-0.2, -0.15) is 0 Å². The molecule has 8 heteroatoms. The van der Waals surface area contributed by atoms with E-state index >= 15 is 0 Å². The zero-order chi connectivity index (χ0) is 18.8. The van der Waals surface area contributed by atoms with E-state index in [0.29, 0.717) is 20.6 Å². The molecule has 0 radical (unpaired) electrons. The molecule has 1 aliphatic rings. The molecule has 0 aromatic heterocycles. The van der Waals surface area contributed by atoms with Gasteiger partial charge in [0.1, 0.15) is 5.82 Å². The normalized spacial score (nSPS) is 13.1. The zero-order valence-corrected chi connectivity index (χ0v) is 15.7. The van der Waals surface area contributed by atoms with Crippen LogP contribution in [0.3, 0.4) is 0 Å². The molecule has 1 N–H and O–H groups in total. The second kappa shape index (κ2) is 7.55. The van der Waals surface area contributed by atoms with E-state index in [2.05, 4.69) is 21.2 Å². The molecule has 1 aliphatic heterocycles.